The molecule has 10 nitrogen and oxygen atoms in total. The Morgan fingerprint density at radius 2 is 1.81 bits per heavy atom. The first-order valence-electron chi connectivity index (χ1n) is 10.1. The molecule has 164 valence electrons. The summed E-state index contributed by atoms with van der Waals surface area (Å²) in [6.07, 6.45) is 4.79. The van der Waals surface area contributed by atoms with Crippen molar-refractivity contribution in [1.82, 2.24) is 28.8 Å². The summed E-state index contributed by atoms with van der Waals surface area (Å²) >= 11 is 0. The number of anilines is 3. The number of sulfonamides is 1. The van der Waals surface area contributed by atoms with Crippen molar-refractivity contribution >= 4 is 27.5 Å². The molecule has 4 heterocycles. The molecule has 1 N–H and O–H groups in total. The number of nitrogens with one attached hydrogen (secondary N) is 1. The predicted octanol–water partition coefficient (Wildman–Crippen LogP) is 1.98. The van der Waals surface area contributed by atoms with E-state index < -0.39 is 10.0 Å². The molecule has 31 heavy (non-hydrogen) atoms. The number of aryl methyl sites for hydroxylation is 1. The normalized spacial score (nSPS) is 15.4. The molecule has 1 aliphatic rings. The lowest BCUT2D eigenvalue weighted by atomic mass is 10.2. The van der Waals surface area contributed by atoms with Crippen LogP contribution in [0.3, 0.4) is 0 Å². The molecular formula is C20H26N8O2S. The van der Waals surface area contributed by atoms with Gasteiger partial charge in [0.2, 0.25) is 0 Å². The van der Waals surface area contributed by atoms with Gasteiger partial charge in [0.05, 0.1) is 0 Å². The van der Waals surface area contributed by atoms with Gasteiger partial charge in [-0.1, -0.05) is 19.9 Å². The smallest absolute Gasteiger partial charge is 0.262 e. The Balaban J connectivity index is 1.44. The van der Waals surface area contributed by atoms with Crippen LogP contribution in [0.5, 0.6) is 0 Å². The molecule has 1 saturated heterocycles. The van der Waals surface area contributed by atoms with E-state index in [4.69, 9.17) is 0 Å². The van der Waals surface area contributed by atoms with Crippen molar-refractivity contribution in [1.29, 1.82) is 0 Å². The van der Waals surface area contributed by atoms with Crippen LogP contribution < -0.4 is 10.2 Å². The van der Waals surface area contributed by atoms with Crippen LogP contribution in [0.15, 0.2) is 48.0 Å². The lowest BCUT2D eigenvalue weighted by Crippen LogP contribution is -2.49. The van der Waals surface area contributed by atoms with Crippen LogP contribution in [0.2, 0.25) is 0 Å². The Labute approximate surface area is 182 Å². The van der Waals surface area contributed by atoms with Crippen molar-refractivity contribution in [3.8, 4) is 0 Å². The van der Waals surface area contributed by atoms with Gasteiger partial charge in [-0.15, -0.1) is 0 Å². The molecule has 11 heteroatoms. The van der Waals surface area contributed by atoms with Gasteiger partial charge in [0.25, 0.3) is 10.0 Å². The van der Waals surface area contributed by atoms with Crippen molar-refractivity contribution in [2.45, 2.75) is 24.8 Å². The minimum atomic E-state index is -3.63. The van der Waals surface area contributed by atoms with Crippen LogP contribution >= 0.6 is 0 Å². The number of hydrogen-bond acceptors (Lipinski definition) is 8. The molecule has 0 radical (unpaired) electrons. The lowest BCUT2D eigenvalue weighted by Gasteiger charge is -2.34. The molecular weight excluding hydrogens is 416 g/mol. The van der Waals surface area contributed by atoms with Gasteiger partial charge in [0, 0.05) is 57.6 Å². The van der Waals surface area contributed by atoms with E-state index in [2.05, 4.69) is 30.2 Å². The van der Waals surface area contributed by atoms with Crippen molar-refractivity contribution in [2.75, 3.05) is 36.4 Å². The highest BCUT2D eigenvalue weighted by Gasteiger charge is 2.31. The fraction of sp³-hybridized carbons (Fsp3) is 0.400. The summed E-state index contributed by atoms with van der Waals surface area (Å²) in [6, 6.07) is 7.43. The molecule has 0 bridgehead atoms. The van der Waals surface area contributed by atoms with Gasteiger partial charge in [0.1, 0.15) is 29.6 Å². The second-order valence-electron chi connectivity index (χ2n) is 7.70. The number of rotatable bonds is 6. The van der Waals surface area contributed by atoms with Crippen LogP contribution in [-0.2, 0) is 17.1 Å². The maximum atomic E-state index is 13.1. The Kier molecular flexibility index (Phi) is 5.88. The summed E-state index contributed by atoms with van der Waals surface area (Å²) in [7, 11) is -1.81. The quantitative estimate of drug-likeness (QED) is 0.617. The fourth-order valence-electron chi connectivity index (χ4n) is 3.56. The van der Waals surface area contributed by atoms with Crippen LogP contribution in [0.25, 0.3) is 0 Å². The van der Waals surface area contributed by atoms with Gasteiger partial charge in [-0.3, -0.25) is 0 Å². The van der Waals surface area contributed by atoms with E-state index in [0.29, 0.717) is 37.8 Å². The molecule has 0 aromatic carbocycles. The number of hydrogen-bond donors (Lipinski definition) is 1. The Morgan fingerprint density at radius 1 is 1.03 bits per heavy atom. The van der Waals surface area contributed by atoms with E-state index >= 15 is 0 Å². The summed E-state index contributed by atoms with van der Waals surface area (Å²) < 4.78 is 29.4. The monoisotopic (exact) mass is 442 g/mol. The third kappa shape index (κ3) is 4.52. The summed E-state index contributed by atoms with van der Waals surface area (Å²) in [5.74, 6) is 2.97. The van der Waals surface area contributed by atoms with Crippen molar-refractivity contribution < 1.29 is 8.42 Å². The number of nitrogens with zero attached hydrogens (tertiary/aromatic N) is 7. The minimum Gasteiger partial charge on any atom is -0.354 e. The van der Waals surface area contributed by atoms with Gasteiger partial charge in [-0.05, 0) is 12.1 Å². The van der Waals surface area contributed by atoms with E-state index in [1.807, 2.05) is 45.2 Å². The first kappa shape index (κ1) is 21.2. The van der Waals surface area contributed by atoms with Crippen LogP contribution in [0.4, 0.5) is 17.5 Å². The second kappa shape index (κ2) is 8.60. The summed E-state index contributed by atoms with van der Waals surface area (Å²) in [6.45, 7) is 5.78. The molecule has 0 unspecified atom stereocenters. The Morgan fingerprint density at radius 3 is 2.45 bits per heavy atom. The lowest BCUT2D eigenvalue weighted by molar-refractivity contribution is 0.382. The topological polar surface area (TPSA) is 109 Å². The van der Waals surface area contributed by atoms with Crippen molar-refractivity contribution in [3.05, 3.63) is 48.8 Å². The number of imidazole rings is 1. The molecule has 4 rings (SSSR count). The maximum absolute atomic E-state index is 13.1. The Hall–Kier alpha value is -3.05. The van der Waals surface area contributed by atoms with Crippen molar-refractivity contribution in [2.24, 2.45) is 7.05 Å². The van der Waals surface area contributed by atoms with E-state index in [-0.39, 0.29) is 10.9 Å². The molecule has 0 atom stereocenters. The molecule has 0 amide bonds. The van der Waals surface area contributed by atoms with E-state index in [1.165, 1.54) is 10.6 Å². The van der Waals surface area contributed by atoms with Gasteiger partial charge >= 0.3 is 0 Å². The largest absolute Gasteiger partial charge is 0.354 e. The SMILES string of the molecule is CC(C)c1nc(S(=O)(=O)N2CCN(c3cc(Nc4ccccn4)ncn3)CC2)cn1C. The highest BCUT2D eigenvalue weighted by atomic mass is 32.2. The zero-order valence-electron chi connectivity index (χ0n) is 17.8. The second-order valence-corrected chi connectivity index (χ2v) is 9.58. The van der Waals surface area contributed by atoms with E-state index in [1.54, 1.807) is 17.0 Å². The van der Waals surface area contributed by atoms with E-state index in [9.17, 15) is 8.42 Å². The molecule has 0 aliphatic carbocycles. The summed E-state index contributed by atoms with van der Waals surface area (Å²) in [5.41, 5.74) is 0. The maximum Gasteiger partial charge on any atom is 0.262 e. The zero-order valence-corrected chi connectivity index (χ0v) is 18.6. The third-order valence-corrected chi connectivity index (χ3v) is 6.92. The number of pyridine rings is 1. The van der Waals surface area contributed by atoms with E-state index in [0.717, 1.165) is 11.6 Å². The zero-order chi connectivity index (χ0) is 22.0. The third-order valence-electron chi connectivity index (χ3n) is 5.15. The van der Waals surface area contributed by atoms with Gasteiger partial charge in [0.15, 0.2) is 5.03 Å². The van der Waals surface area contributed by atoms with Gasteiger partial charge in [-0.25, -0.2) is 28.4 Å². The highest BCUT2D eigenvalue weighted by Crippen LogP contribution is 2.23. The average Bonchev–Trinajstić information content (AvgIpc) is 3.18. The standard InChI is InChI=1S/C20H26N8O2S/c1-15(2)20-25-19(13-26(20)3)31(29,30)28-10-8-27(9-11-28)18-12-17(22-14-23-18)24-16-6-4-5-7-21-16/h4-7,12-15H,8-11H2,1-3H3,(H,21,22,23,24). The molecule has 3 aromatic rings. The average molecular weight is 443 g/mol. The van der Waals surface area contributed by atoms with Gasteiger partial charge < -0.3 is 14.8 Å². The van der Waals surface area contributed by atoms with Crippen LogP contribution in [0, 0.1) is 0 Å². The first-order chi connectivity index (χ1) is 14.8. The van der Waals surface area contributed by atoms with Crippen LogP contribution in [-0.4, -0.2) is 63.4 Å². The molecule has 3 aromatic heterocycles. The predicted molar refractivity (Wildman–Crippen MR) is 118 cm³/mol. The first-order valence-corrected chi connectivity index (χ1v) is 11.6. The summed E-state index contributed by atoms with van der Waals surface area (Å²) in [4.78, 5) is 19.3. The summed E-state index contributed by atoms with van der Waals surface area (Å²) in [5, 5.41) is 3.26. The number of piperazine rings is 1. The molecule has 0 saturated carbocycles. The Bertz CT molecular complexity index is 1140. The fourth-order valence-corrected chi connectivity index (χ4v) is 4.97. The highest BCUT2D eigenvalue weighted by molar-refractivity contribution is 7.89. The van der Waals surface area contributed by atoms with Crippen molar-refractivity contribution in [3.63, 3.8) is 0 Å². The minimum absolute atomic E-state index is 0.107. The molecule has 1 fully saturated rings. The van der Waals surface area contributed by atoms with Gasteiger partial charge in [-0.2, -0.15) is 4.31 Å². The van der Waals surface area contributed by atoms with Crippen LogP contribution in [0.1, 0.15) is 25.6 Å². The molecule has 1 aliphatic heterocycles. The number of aromatic nitrogens is 5. The molecule has 0 spiro atoms.